The van der Waals surface area contributed by atoms with Crippen molar-refractivity contribution in [1.29, 1.82) is 0 Å². The molecule has 0 aromatic heterocycles. The van der Waals surface area contributed by atoms with Crippen LogP contribution in [0.5, 0.6) is 0 Å². The summed E-state index contributed by atoms with van der Waals surface area (Å²) >= 11 is 0. The number of esters is 1. The maximum absolute atomic E-state index is 12.6. The molecule has 0 N–H and O–H groups in total. The highest BCUT2D eigenvalue weighted by Crippen LogP contribution is 2.67. The van der Waals surface area contributed by atoms with Crippen molar-refractivity contribution >= 4 is 5.97 Å². The Hall–Kier alpha value is -0.790. The molecule has 0 aromatic rings. The molecule has 0 aromatic carbocycles. The van der Waals surface area contributed by atoms with Crippen molar-refractivity contribution in [2.75, 3.05) is 0 Å². The molecule has 0 unspecified atom stereocenters. The topological polar surface area (TPSA) is 26.3 Å². The van der Waals surface area contributed by atoms with Crippen molar-refractivity contribution in [3.63, 3.8) is 0 Å². The molecule has 0 aliphatic heterocycles. The normalized spacial score (nSPS) is 37.2. The largest absolute Gasteiger partial charge is 0.462 e. The van der Waals surface area contributed by atoms with E-state index < -0.39 is 0 Å². The minimum Gasteiger partial charge on any atom is -0.462 e. The lowest BCUT2D eigenvalue weighted by Crippen LogP contribution is -2.51. The Labute approximate surface area is 236 Å². The van der Waals surface area contributed by atoms with Gasteiger partial charge in [-0.15, -0.1) is 0 Å². The monoisotopic (exact) mass is 526 g/mol. The lowest BCUT2D eigenvalue weighted by Gasteiger charge is -2.58. The van der Waals surface area contributed by atoms with Crippen molar-refractivity contribution in [2.45, 2.75) is 163 Å². The quantitative estimate of drug-likeness (QED) is 0.135. The van der Waals surface area contributed by atoms with Gasteiger partial charge in [-0.25, -0.2) is 0 Å². The van der Waals surface area contributed by atoms with Crippen LogP contribution in [0.2, 0.25) is 0 Å². The Balaban J connectivity index is 1.31. The van der Waals surface area contributed by atoms with Gasteiger partial charge in [0.25, 0.3) is 0 Å². The van der Waals surface area contributed by atoms with Gasteiger partial charge in [-0.1, -0.05) is 105 Å². The van der Waals surface area contributed by atoms with E-state index in [0.717, 1.165) is 54.8 Å². The molecule has 0 spiro atoms. The molecule has 2 nitrogen and oxygen atoms in total. The van der Waals surface area contributed by atoms with Crippen molar-refractivity contribution < 1.29 is 9.53 Å². The lowest BCUT2D eigenvalue weighted by atomic mass is 9.47. The van der Waals surface area contributed by atoms with Crippen LogP contribution < -0.4 is 0 Å². The number of hydrogen-bond donors (Lipinski definition) is 0. The SMILES string of the molecule is CCCCCCCCC(=O)O[C@@H]1CC[C@@]2(C)C(=CC[C@H]3[C@H]4CC[C@H]([C@H](C)CCCC(C)C)[C@@]4(C)CC[C@H]32)C1. The van der Waals surface area contributed by atoms with Crippen molar-refractivity contribution in [3.05, 3.63) is 11.6 Å². The van der Waals surface area contributed by atoms with Crippen molar-refractivity contribution in [3.8, 4) is 0 Å². The second-order valence-electron chi connectivity index (χ2n) is 15.2. The van der Waals surface area contributed by atoms with Crippen LogP contribution in [0.3, 0.4) is 0 Å². The molecule has 4 rings (SSSR count). The van der Waals surface area contributed by atoms with Crippen molar-refractivity contribution in [2.24, 2.45) is 46.3 Å². The standard InChI is InChI=1S/C36H62O2/c1-7-8-9-10-11-12-16-34(37)38-29-21-23-35(5)28(25-29)17-18-30-32-20-19-31(27(4)15-13-14-26(2)3)36(32,6)24-22-33(30)35/h17,26-27,29-33H,7-16,18-25H2,1-6H3/t27-,29-,30+,31-,32-,33-,35+,36-/m1/s1. The van der Waals surface area contributed by atoms with Gasteiger partial charge >= 0.3 is 5.97 Å². The molecule has 2 heteroatoms. The second kappa shape index (κ2) is 13.2. The smallest absolute Gasteiger partial charge is 0.306 e. The number of fused-ring (bicyclic) bond motifs is 5. The fourth-order valence-corrected chi connectivity index (χ4v) is 10.0. The van der Waals surface area contributed by atoms with Crippen LogP contribution in [0.1, 0.15) is 157 Å². The van der Waals surface area contributed by atoms with Gasteiger partial charge in [0.2, 0.25) is 0 Å². The predicted molar refractivity (Wildman–Crippen MR) is 161 cm³/mol. The first-order chi connectivity index (χ1) is 18.2. The molecule has 8 atom stereocenters. The van der Waals surface area contributed by atoms with Gasteiger partial charge in [-0.05, 0) is 97.7 Å². The molecule has 3 fully saturated rings. The van der Waals surface area contributed by atoms with Gasteiger partial charge < -0.3 is 4.74 Å². The van der Waals surface area contributed by atoms with Gasteiger partial charge in [0.05, 0.1) is 0 Å². The first-order valence-electron chi connectivity index (χ1n) is 17.1. The highest BCUT2D eigenvalue weighted by Gasteiger charge is 2.59. The van der Waals surface area contributed by atoms with E-state index in [-0.39, 0.29) is 12.1 Å². The molecule has 0 amide bonds. The Morgan fingerprint density at radius 1 is 0.921 bits per heavy atom. The first-order valence-corrected chi connectivity index (χ1v) is 17.1. The van der Waals surface area contributed by atoms with Crippen LogP contribution >= 0.6 is 0 Å². The Kier molecular flexibility index (Phi) is 10.5. The van der Waals surface area contributed by atoms with E-state index in [2.05, 4.69) is 47.6 Å². The Morgan fingerprint density at radius 2 is 1.68 bits per heavy atom. The third-order valence-corrected chi connectivity index (χ3v) is 12.3. The molecular weight excluding hydrogens is 464 g/mol. The van der Waals surface area contributed by atoms with E-state index in [1.165, 1.54) is 89.9 Å². The molecular formula is C36H62O2. The number of unbranched alkanes of at least 4 members (excludes halogenated alkanes) is 5. The lowest BCUT2D eigenvalue weighted by molar-refractivity contribution is -0.151. The summed E-state index contributed by atoms with van der Waals surface area (Å²) in [5, 5.41) is 0. The fraction of sp³-hybridized carbons (Fsp3) is 0.917. The second-order valence-corrected chi connectivity index (χ2v) is 15.2. The Morgan fingerprint density at radius 3 is 2.45 bits per heavy atom. The zero-order valence-electron chi connectivity index (χ0n) is 26.2. The van der Waals surface area contributed by atoms with Crippen LogP contribution in [0.25, 0.3) is 0 Å². The summed E-state index contributed by atoms with van der Waals surface area (Å²) in [5.41, 5.74) is 2.54. The number of carbonyl (C=O) groups excluding carboxylic acids is 1. The summed E-state index contributed by atoms with van der Waals surface area (Å²) in [6.07, 6.45) is 25.3. The summed E-state index contributed by atoms with van der Waals surface area (Å²) < 4.78 is 6.04. The minimum absolute atomic E-state index is 0.0522. The molecule has 0 radical (unpaired) electrons. The van der Waals surface area contributed by atoms with Gasteiger partial charge in [0.15, 0.2) is 0 Å². The van der Waals surface area contributed by atoms with Crippen LogP contribution in [-0.4, -0.2) is 12.1 Å². The number of ether oxygens (including phenoxy) is 1. The van der Waals surface area contributed by atoms with Crippen LogP contribution in [0.15, 0.2) is 11.6 Å². The molecule has 218 valence electrons. The molecule has 4 aliphatic rings. The van der Waals surface area contributed by atoms with Gasteiger partial charge in [-0.3, -0.25) is 4.79 Å². The van der Waals surface area contributed by atoms with Crippen molar-refractivity contribution in [1.82, 2.24) is 0 Å². The fourth-order valence-electron chi connectivity index (χ4n) is 10.0. The maximum atomic E-state index is 12.6. The van der Waals surface area contributed by atoms with E-state index in [1.54, 1.807) is 5.57 Å². The molecule has 4 aliphatic carbocycles. The van der Waals surface area contributed by atoms with Gasteiger partial charge in [0.1, 0.15) is 6.10 Å². The average molecular weight is 527 g/mol. The number of hydrogen-bond acceptors (Lipinski definition) is 2. The summed E-state index contributed by atoms with van der Waals surface area (Å²) in [6.45, 7) is 14.9. The molecule has 0 heterocycles. The number of carbonyl (C=O) groups is 1. The summed E-state index contributed by atoms with van der Waals surface area (Å²) in [6, 6.07) is 0. The van der Waals surface area contributed by atoms with Gasteiger partial charge in [0, 0.05) is 12.8 Å². The highest BCUT2D eigenvalue weighted by atomic mass is 16.5. The Bertz CT molecular complexity index is 797. The molecule has 38 heavy (non-hydrogen) atoms. The van der Waals surface area contributed by atoms with Crippen LogP contribution in [0, 0.1) is 46.3 Å². The van der Waals surface area contributed by atoms with E-state index in [0.29, 0.717) is 17.3 Å². The van der Waals surface area contributed by atoms with Crippen LogP contribution in [0.4, 0.5) is 0 Å². The van der Waals surface area contributed by atoms with E-state index in [9.17, 15) is 4.79 Å². The molecule has 0 bridgehead atoms. The highest BCUT2D eigenvalue weighted by molar-refractivity contribution is 5.69. The summed E-state index contributed by atoms with van der Waals surface area (Å²) in [7, 11) is 0. The van der Waals surface area contributed by atoms with Crippen LogP contribution in [-0.2, 0) is 9.53 Å². The molecule has 3 saturated carbocycles. The predicted octanol–water partition coefficient (Wildman–Crippen LogP) is 10.7. The average Bonchev–Trinajstić information content (AvgIpc) is 3.23. The number of rotatable bonds is 13. The zero-order valence-corrected chi connectivity index (χ0v) is 26.2. The van der Waals surface area contributed by atoms with Gasteiger partial charge in [-0.2, -0.15) is 0 Å². The number of allylic oxidation sites excluding steroid dienone is 1. The zero-order chi connectivity index (χ0) is 27.3. The van der Waals surface area contributed by atoms with E-state index >= 15 is 0 Å². The van der Waals surface area contributed by atoms with E-state index in [4.69, 9.17) is 4.74 Å². The third-order valence-electron chi connectivity index (χ3n) is 12.3. The minimum atomic E-state index is 0.0522. The summed E-state index contributed by atoms with van der Waals surface area (Å²) in [4.78, 5) is 12.6. The maximum Gasteiger partial charge on any atom is 0.306 e. The van der Waals surface area contributed by atoms with E-state index in [1.807, 2.05) is 0 Å². The summed E-state index contributed by atoms with van der Waals surface area (Å²) in [5.74, 6) is 5.34. The first kappa shape index (κ1) is 30.2. The molecule has 0 saturated heterocycles. The third kappa shape index (κ3) is 6.57.